The zero-order valence-electron chi connectivity index (χ0n) is 8.99. The Morgan fingerprint density at radius 3 is 2.25 bits per heavy atom. The molecule has 0 radical (unpaired) electrons. The summed E-state index contributed by atoms with van der Waals surface area (Å²) in [6, 6.07) is 9.63. The van der Waals surface area contributed by atoms with Crippen molar-refractivity contribution < 1.29 is 8.42 Å². The third kappa shape index (κ3) is 3.08. The van der Waals surface area contributed by atoms with Crippen LogP contribution < -0.4 is 0 Å². The zero-order valence-corrected chi connectivity index (χ0v) is 13.0. The maximum atomic E-state index is 12.0. The van der Waals surface area contributed by atoms with Crippen LogP contribution in [0.4, 0.5) is 0 Å². The summed E-state index contributed by atoms with van der Waals surface area (Å²) < 4.78 is 23.0. The number of hydrogen-bond donors (Lipinski definition) is 0. The minimum atomic E-state index is -3.17. The Labute approximate surface area is 114 Å². The molecule has 16 heavy (non-hydrogen) atoms. The molecule has 0 fully saturated rings. The summed E-state index contributed by atoms with van der Waals surface area (Å²) in [4.78, 5) is 0. The van der Waals surface area contributed by atoms with Gasteiger partial charge in [0.25, 0.3) is 0 Å². The van der Waals surface area contributed by atoms with Gasteiger partial charge in [0.15, 0.2) is 9.84 Å². The standard InChI is InChI=1S/C11H14Br2O2S/c1-2-11(13,16(14,15)9-12)8-10-6-4-3-5-7-10/h3-7H,2,8-9H2,1H3. The quantitative estimate of drug-likeness (QED) is 0.744. The molecule has 0 aliphatic carbocycles. The van der Waals surface area contributed by atoms with Crippen LogP contribution in [-0.2, 0) is 16.3 Å². The molecule has 1 aromatic carbocycles. The molecule has 0 bridgehead atoms. The zero-order chi connectivity index (χ0) is 12.2. The van der Waals surface area contributed by atoms with E-state index in [1.54, 1.807) is 0 Å². The lowest BCUT2D eigenvalue weighted by molar-refractivity contribution is 0.571. The molecule has 0 spiro atoms. The number of sulfone groups is 1. The van der Waals surface area contributed by atoms with E-state index in [0.717, 1.165) is 5.56 Å². The molecule has 0 aromatic heterocycles. The fraction of sp³-hybridized carbons (Fsp3) is 0.455. The lowest BCUT2D eigenvalue weighted by Gasteiger charge is -2.25. The summed E-state index contributed by atoms with van der Waals surface area (Å²) >= 11 is 6.43. The van der Waals surface area contributed by atoms with E-state index in [-0.39, 0.29) is 4.66 Å². The molecular formula is C11H14Br2O2S. The van der Waals surface area contributed by atoms with Crippen molar-refractivity contribution in [3.63, 3.8) is 0 Å². The van der Waals surface area contributed by atoms with E-state index in [1.165, 1.54) is 0 Å². The lowest BCUT2D eigenvalue weighted by atomic mass is 10.1. The van der Waals surface area contributed by atoms with Crippen LogP contribution in [0, 0.1) is 0 Å². The summed E-state index contributed by atoms with van der Waals surface area (Å²) in [7, 11) is -3.17. The van der Waals surface area contributed by atoms with Crippen LogP contribution in [0.15, 0.2) is 30.3 Å². The molecule has 0 aliphatic heterocycles. The Balaban J connectivity index is 3.00. The van der Waals surface area contributed by atoms with Crippen molar-refractivity contribution in [2.45, 2.75) is 23.4 Å². The van der Waals surface area contributed by atoms with Crippen LogP contribution in [-0.4, -0.2) is 16.7 Å². The largest absolute Gasteiger partial charge is 0.226 e. The van der Waals surface area contributed by atoms with Crippen molar-refractivity contribution in [1.82, 2.24) is 0 Å². The van der Waals surface area contributed by atoms with Crippen LogP contribution in [0.5, 0.6) is 0 Å². The third-order valence-corrected chi connectivity index (χ3v) is 8.50. The number of halogens is 2. The highest BCUT2D eigenvalue weighted by Gasteiger charge is 2.38. The van der Waals surface area contributed by atoms with Gasteiger partial charge in [-0.2, -0.15) is 0 Å². The molecule has 1 unspecified atom stereocenters. The molecule has 0 amide bonds. The topological polar surface area (TPSA) is 34.1 Å². The Morgan fingerprint density at radius 1 is 1.25 bits per heavy atom. The first-order valence-corrected chi connectivity index (χ1v) is 8.53. The molecule has 0 saturated carbocycles. The van der Waals surface area contributed by atoms with Crippen molar-refractivity contribution in [3.8, 4) is 0 Å². The van der Waals surface area contributed by atoms with Crippen LogP contribution in [0.3, 0.4) is 0 Å². The summed E-state index contributed by atoms with van der Waals surface area (Å²) in [6.45, 7) is 1.87. The highest BCUT2D eigenvalue weighted by molar-refractivity contribution is 9.13. The highest BCUT2D eigenvalue weighted by Crippen LogP contribution is 2.34. The van der Waals surface area contributed by atoms with Crippen LogP contribution >= 0.6 is 31.9 Å². The maximum absolute atomic E-state index is 12.0. The lowest BCUT2D eigenvalue weighted by Crippen LogP contribution is -2.34. The summed E-state index contributed by atoms with van der Waals surface area (Å²) in [5.41, 5.74) is 1.02. The Bertz CT molecular complexity index is 431. The summed E-state index contributed by atoms with van der Waals surface area (Å²) in [6.07, 6.45) is 1.02. The normalized spacial score (nSPS) is 15.7. The SMILES string of the molecule is CCC(Br)(Cc1ccccc1)S(=O)(=O)CBr. The molecule has 0 heterocycles. The van der Waals surface area contributed by atoms with Gasteiger partial charge < -0.3 is 0 Å². The first kappa shape index (κ1) is 14.2. The third-order valence-electron chi connectivity index (χ3n) is 2.54. The molecule has 1 atom stereocenters. The van der Waals surface area contributed by atoms with Gasteiger partial charge in [-0.25, -0.2) is 8.42 Å². The Morgan fingerprint density at radius 2 is 1.81 bits per heavy atom. The smallest absolute Gasteiger partial charge is 0.176 e. The van der Waals surface area contributed by atoms with E-state index in [2.05, 4.69) is 31.9 Å². The predicted octanol–water partition coefficient (Wildman–Crippen LogP) is 3.50. The van der Waals surface area contributed by atoms with E-state index >= 15 is 0 Å². The number of benzene rings is 1. The number of alkyl halides is 2. The van der Waals surface area contributed by atoms with Gasteiger partial charge in [-0.15, -0.1) is 0 Å². The maximum Gasteiger partial charge on any atom is 0.176 e. The van der Waals surface area contributed by atoms with Gasteiger partial charge in [-0.05, 0) is 12.0 Å². The second-order valence-corrected chi connectivity index (χ2v) is 9.27. The van der Waals surface area contributed by atoms with Crippen molar-refractivity contribution in [2.24, 2.45) is 0 Å². The van der Waals surface area contributed by atoms with E-state index < -0.39 is 13.5 Å². The van der Waals surface area contributed by atoms with Gasteiger partial charge in [-0.1, -0.05) is 69.1 Å². The molecule has 0 aliphatic rings. The molecular weight excluding hydrogens is 356 g/mol. The second-order valence-electron chi connectivity index (χ2n) is 3.62. The molecule has 90 valence electrons. The van der Waals surface area contributed by atoms with Crippen molar-refractivity contribution in [3.05, 3.63) is 35.9 Å². The van der Waals surface area contributed by atoms with Gasteiger partial charge >= 0.3 is 0 Å². The van der Waals surface area contributed by atoms with E-state index in [1.807, 2.05) is 37.3 Å². The van der Waals surface area contributed by atoms with E-state index in [9.17, 15) is 8.42 Å². The van der Waals surface area contributed by atoms with Crippen LogP contribution in [0.25, 0.3) is 0 Å². The average Bonchev–Trinajstić information content (AvgIpc) is 2.30. The van der Waals surface area contributed by atoms with Gasteiger partial charge in [0.2, 0.25) is 0 Å². The van der Waals surface area contributed by atoms with Gasteiger partial charge in [0.05, 0.1) is 0 Å². The summed E-state index contributed by atoms with van der Waals surface area (Å²) in [5, 5.41) is 0. The first-order valence-electron chi connectivity index (χ1n) is 4.96. The van der Waals surface area contributed by atoms with Crippen molar-refractivity contribution >= 4 is 41.7 Å². The highest BCUT2D eigenvalue weighted by atomic mass is 79.9. The number of hydrogen-bond acceptors (Lipinski definition) is 2. The van der Waals surface area contributed by atoms with Crippen molar-refractivity contribution in [2.75, 3.05) is 4.66 Å². The predicted molar refractivity (Wildman–Crippen MR) is 74.8 cm³/mol. The fourth-order valence-electron chi connectivity index (χ4n) is 1.45. The first-order chi connectivity index (χ1) is 7.45. The van der Waals surface area contributed by atoms with Crippen LogP contribution in [0.1, 0.15) is 18.9 Å². The van der Waals surface area contributed by atoms with Gasteiger partial charge in [-0.3, -0.25) is 0 Å². The Hall–Kier alpha value is 0.130. The minimum absolute atomic E-state index is 0.0219. The van der Waals surface area contributed by atoms with Crippen LogP contribution in [0.2, 0.25) is 0 Å². The van der Waals surface area contributed by atoms with Gasteiger partial charge in [0, 0.05) is 6.42 Å². The average molecular weight is 370 g/mol. The minimum Gasteiger partial charge on any atom is -0.226 e. The molecule has 1 rings (SSSR count). The molecule has 2 nitrogen and oxygen atoms in total. The monoisotopic (exact) mass is 368 g/mol. The molecule has 0 N–H and O–H groups in total. The fourth-order valence-corrected chi connectivity index (χ4v) is 5.38. The molecule has 5 heteroatoms. The van der Waals surface area contributed by atoms with Crippen molar-refractivity contribution in [1.29, 1.82) is 0 Å². The molecule has 0 saturated heterocycles. The summed E-state index contributed by atoms with van der Waals surface area (Å²) in [5.74, 6) is 0. The second kappa shape index (κ2) is 5.65. The van der Waals surface area contributed by atoms with E-state index in [4.69, 9.17) is 0 Å². The number of rotatable bonds is 5. The van der Waals surface area contributed by atoms with Gasteiger partial charge in [0.1, 0.15) is 8.32 Å². The molecule has 1 aromatic rings. The van der Waals surface area contributed by atoms with E-state index in [0.29, 0.717) is 12.8 Å². The Kier molecular flexibility index (Phi) is 5.01.